The van der Waals surface area contributed by atoms with Crippen molar-refractivity contribution in [2.24, 2.45) is 5.10 Å². The lowest BCUT2D eigenvalue weighted by molar-refractivity contribution is -0.170. The Bertz CT molecular complexity index is 182. The second-order valence-electron chi connectivity index (χ2n) is 1.68. The topological polar surface area (TPSA) is 77.4 Å². The highest BCUT2D eigenvalue weighted by molar-refractivity contribution is 5.70. The molecule has 1 rings (SSSR count). The molecule has 0 bridgehead atoms. The summed E-state index contributed by atoms with van der Waals surface area (Å²) in [5, 5.41) is 13.4. The highest BCUT2D eigenvalue weighted by atomic mass is 16.6. The van der Waals surface area contributed by atoms with Crippen molar-refractivity contribution in [1.82, 2.24) is 15.8 Å². The van der Waals surface area contributed by atoms with Crippen LogP contribution in [0, 0.1) is 0 Å². The maximum absolute atomic E-state index is 10.8. The first-order valence-corrected chi connectivity index (χ1v) is 2.99. The Morgan fingerprint density at radius 2 is 2.64 bits per heavy atom. The van der Waals surface area contributed by atoms with Crippen molar-refractivity contribution in [3.8, 4) is 0 Å². The van der Waals surface area contributed by atoms with Crippen LogP contribution in [-0.4, -0.2) is 34.5 Å². The van der Waals surface area contributed by atoms with Crippen LogP contribution in [-0.2, 0) is 4.74 Å². The maximum atomic E-state index is 10.8. The van der Waals surface area contributed by atoms with E-state index in [2.05, 4.69) is 15.4 Å². The molecule has 0 aromatic rings. The number of amides is 1. The highest BCUT2D eigenvalue weighted by Crippen LogP contribution is 1.96. The summed E-state index contributed by atoms with van der Waals surface area (Å²) >= 11 is 0. The molecule has 0 aromatic heterocycles. The second-order valence-corrected chi connectivity index (χ2v) is 1.68. The van der Waals surface area contributed by atoms with Crippen molar-refractivity contribution in [3.05, 3.63) is 0 Å². The molecule has 0 saturated carbocycles. The van der Waals surface area contributed by atoms with Crippen molar-refractivity contribution in [1.29, 1.82) is 0 Å². The Labute approximate surface area is 62.7 Å². The Balaban J connectivity index is 2.42. The quantitative estimate of drug-likeness (QED) is 0.541. The third-order valence-corrected chi connectivity index (χ3v) is 0.959. The van der Waals surface area contributed by atoms with Gasteiger partial charge in [-0.25, -0.2) is 4.79 Å². The average molecular weight is 160 g/mol. The molecule has 0 fully saturated rings. The van der Waals surface area contributed by atoms with E-state index in [1.165, 1.54) is 0 Å². The molecule has 62 valence electrons. The minimum absolute atomic E-state index is 0.241. The van der Waals surface area contributed by atoms with E-state index in [0.29, 0.717) is 10.3 Å². The molecule has 11 heavy (non-hydrogen) atoms. The van der Waals surface area contributed by atoms with Gasteiger partial charge in [-0.05, 0) is 6.92 Å². The summed E-state index contributed by atoms with van der Waals surface area (Å²) < 4.78 is 4.54. The number of rotatable bonds is 1. The lowest BCUT2D eigenvalue weighted by Crippen LogP contribution is -2.45. The number of hydrazine groups is 2. The summed E-state index contributed by atoms with van der Waals surface area (Å²) in [7, 11) is 0. The van der Waals surface area contributed by atoms with Gasteiger partial charge in [-0.3, -0.25) is 5.21 Å². The lowest BCUT2D eigenvalue weighted by atomic mass is 10.9. The van der Waals surface area contributed by atoms with Crippen LogP contribution in [0.15, 0.2) is 5.10 Å². The second kappa shape index (κ2) is 3.06. The van der Waals surface area contributed by atoms with Gasteiger partial charge in [0.1, 0.15) is 0 Å². The van der Waals surface area contributed by atoms with Crippen molar-refractivity contribution in [3.63, 3.8) is 0 Å². The molecule has 1 amide bonds. The molecule has 0 radical (unpaired) electrons. The SMILES string of the molecule is CCOC(=O)N1NN=CN1O. The predicted molar refractivity (Wildman–Crippen MR) is 34.1 cm³/mol. The first-order chi connectivity index (χ1) is 5.25. The van der Waals surface area contributed by atoms with Crippen LogP contribution in [0.2, 0.25) is 0 Å². The van der Waals surface area contributed by atoms with Gasteiger partial charge < -0.3 is 4.74 Å². The third-order valence-electron chi connectivity index (χ3n) is 0.959. The first-order valence-electron chi connectivity index (χ1n) is 2.99. The number of carbonyl (C=O) groups excluding carboxylic acids is 1. The summed E-state index contributed by atoms with van der Waals surface area (Å²) in [4.78, 5) is 10.8. The Kier molecular flexibility index (Phi) is 2.12. The zero-order valence-corrected chi connectivity index (χ0v) is 5.89. The number of hydrazone groups is 1. The van der Waals surface area contributed by atoms with E-state index in [1.807, 2.05) is 0 Å². The molecule has 0 saturated heterocycles. The smallest absolute Gasteiger partial charge is 0.447 e. The van der Waals surface area contributed by atoms with Gasteiger partial charge in [-0.1, -0.05) is 5.12 Å². The number of hydrogen-bond acceptors (Lipinski definition) is 6. The number of hydrogen-bond donors (Lipinski definition) is 2. The minimum atomic E-state index is -0.715. The van der Waals surface area contributed by atoms with Crippen LogP contribution in [0.25, 0.3) is 0 Å². The normalized spacial score (nSPS) is 15.1. The summed E-state index contributed by atoms with van der Waals surface area (Å²) in [5.41, 5.74) is 2.20. The van der Waals surface area contributed by atoms with Gasteiger partial charge in [0.15, 0.2) is 6.34 Å². The molecule has 1 aliphatic heterocycles. The third kappa shape index (κ3) is 1.49. The summed E-state index contributed by atoms with van der Waals surface area (Å²) in [6, 6.07) is 0. The van der Waals surface area contributed by atoms with Gasteiger partial charge in [0.05, 0.1) is 6.61 Å². The van der Waals surface area contributed by atoms with E-state index >= 15 is 0 Å². The molecule has 1 aliphatic rings. The van der Waals surface area contributed by atoms with Gasteiger partial charge >= 0.3 is 6.09 Å². The van der Waals surface area contributed by atoms with Crippen molar-refractivity contribution in [2.75, 3.05) is 6.61 Å². The van der Waals surface area contributed by atoms with Gasteiger partial charge in [0, 0.05) is 0 Å². The fourth-order valence-corrected chi connectivity index (χ4v) is 0.539. The summed E-state index contributed by atoms with van der Waals surface area (Å²) in [6.07, 6.45) is 0.309. The van der Waals surface area contributed by atoms with E-state index in [4.69, 9.17) is 5.21 Å². The standard InChI is InChI=1S/C4H8N4O3/c1-2-11-4(9)8-6-5-3-7(8)10/h3,6,10H,2H2,1H3. The predicted octanol–water partition coefficient (Wildman–Crippen LogP) is -0.487. The molecule has 2 N–H and O–H groups in total. The zero-order valence-electron chi connectivity index (χ0n) is 5.89. The van der Waals surface area contributed by atoms with E-state index in [9.17, 15) is 4.79 Å². The molecule has 0 aromatic carbocycles. The maximum Gasteiger partial charge on any atom is 0.452 e. The van der Waals surface area contributed by atoms with Crippen LogP contribution >= 0.6 is 0 Å². The van der Waals surface area contributed by atoms with E-state index in [-0.39, 0.29) is 6.61 Å². The van der Waals surface area contributed by atoms with Crippen LogP contribution in [0.1, 0.15) is 6.92 Å². The van der Waals surface area contributed by atoms with Crippen LogP contribution in [0.5, 0.6) is 0 Å². The lowest BCUT2D eigenvalue weighted by Gasteiger charge is -2.18. The number of hydroxylamine groups is 1. The van der Waals surface area contributed by atoms with Crippen LogP contribution in [0.4, 0.5) is 4.79 Å². The molecule has 1 heterocycles. The van der Waals surface area contributed by atoms with Gasteiger partial charge in [0.25, 0.3) is 0 Å². The molecular formula is C4H8N4O3. The largest absolute Gasteiger partial charge is 0.452 e. The summed E-state index contributed by atoms with van der Waals surface area (Å²) in [5.74, 6) is 0. The van der Waals surface area contributed by atoms with Gasteiger partial charge in [0.2, 0.25) is 0 Å². The van der Waals surface area contributed by atoms with Crippen LogP contribution < -0.4 is 5.53 Å². The molecule has 7 heteroatoms. The summed E-state index contributed by atoms with van der Waals surface area (Å²) in [6.45, 7) is 1.90. The Morgan fingerprint density at radius 3 is 3.09 bits per heavy atom. The van der Waals surface area contributed by atoms with E-state index in [1.54, 1.807) is 6.92 Å². The van der Waals surface area contributed by atoms with Crippen molar-refractivity contribution < 1.29 is 14.7 Å². The van der Waals surface area contributed by atoms with Crippen LogP contribution in [0.3, 0.4) is 0 Å². The molecule has 0 unspecified atom stereocenters. The Morgan fingerprint density at radius 1 is 1.91 bits per heavy atom. The Hall–Kier alpha value is -1.50. The molecule has 0 spiro atoms. The number of carbonyl (C=O) groups is 1. The van der Waals surface area contributed by atoms with Crippen molar-refractivity contribution in [2.45, 2.75) is 6.92 Å². The average Bonchev–Trinajstić information content (AvgIpc) is 2.36. The fraction of sp³-hybridized carbons (Fsp3) is 0.500. The molecule has 0 aliphatic carbocycles. The molecule has 7 nitrogen and oxygen atoms in total. The number of nitrogens with one attached hydrogen (secondary N) is 1. The van der Waals surface area contributed by atoms with Gasteiger partial charge in [-0.15, -0.1) is 10.3 Å². The highest BCUT2D eigenvalue weighted by Gasteiger charge is 2.22. The number of nitrogens with zero attached hydrogens (tertiary/aromatic N) is 3. The molecular weight excluding hydrogens is 152 g/mol. The number of ether oxygens (including phenoxy) is 1. The first kappa shape index (κ1) is 7.61. The zero-order chi connectivity index (χ0) is 8.27. The monoisotopic (exact) mass is 160 g/mol. The minimum Gasteiger partial charge on any atom is -0.447 e. The van der Waals surface area contributed by atoms with Crippen molar-refractivity contribution >= 4 is 12.4 Å². The molecule has 0 atom stereocenters. The fourth-order valence-electron chi connectivity index (χ4n) is 0.539. The van der Waals surface area contributed by atoms with Gasteiger partial charge in [-0.2, -0.15) is 5.53 Å². The van der Waals surface area contributed by atoms with E-state index in [0.717, 1.165) is 6.34 Å². The van der Waals surface area contributed by atoms with E-state index < -0.39 is 6.09 Å².